The van der Waals surface area contributed by atoms with Gasteiger partial charge in [-0.3, -0.25) is 0 Å². The molecular weight excluding hydrogens is 257 g/mol. The first-order chi connectivity index (χ1) is 9.65. The van der Waals surface area contributed by atoms with Crippen molar-refractivity contribution in [2.75, 3.05) is 12.4 Å². The van der Waals surface area contributed by atoms with Crippen LogP contribution in [-0.2, 0) is 13.0 Å². The number of aryl methyl sites for hydroxylation is 2. The van der Waals surface area contributed by atoms with Crippen molar-refractivity contribution < 1.29 is 9.13 Å². The lowest BCUT2D eigenvalue weighted by atomic mass is 10.1. The average molecular weight is 275 g/mol. The van der Waals surface area contributed by atoms with E-state index in [9.17, 15) is 4.39 Å². The van der Waals surface area contributed by atoms with E-state index in [1.54, 1.807) is 7.11 Å². The zero-order chi connectivity index (χ0) is 14.5. The molecule has 1 heterocycles. The largest absolute Gasteiger partial charge is 0.496 e. The topological polar surface area (TPSA) is 47.0 Å². The molecule has 2 rings (SSSR count). The van der Waals surface area contributed by atoms with Crippen LogP contribution in [0.3, 0.4) is 0 Å². The minimum absolute atomic E-state index is 0.222. The van der Waals surface area contributed by atoms with Crippen molar-refractivity contribution in [3.63, 3.8) is 0 Å². The molecule has 20 heavy (non-hydrogen) atoms. The summed E-state index contributed by atoms with van der Waals surface area (Å²) >= 11 is 0. The second-order valence-corrected chi connectivity index (χ2v) is 4.51. The number of nitrogens with zero attached hydrogens (tertiary/aromatic N) is 2. The first kappa shape index (κ1) is 14.2. The summed E-state index contributed by atoms with van der Waals surface area (Å²) in [4.78, 5) is 7.84. The molecule has 0 amide bonds. The van der Waals surface area contributed by atoms with Crippen LogP contribution in [0.25, 0.3) is 0 Å². The van der Waals surface area contributed by atoms with Crippen molar-refractivity contribution in [1.82, 2.24) is 9.97 Å². The van der Waals surface area contributed by atoms with E-state index in [4.69, 9.17) is 4.74 Å². The number of hydrogen-bond donors (Lipinski definition) is 1. The number of aromatic nitrogens is 2. The number of benzene rings is 1. The van der Waals surface area contributed by atoms with Gasteiger partial charge in [-0.2, -0.15) is 0 Å². The minimum atomic E-state index is -0.388. The Morgan fingerprint density at radius 2 is 2.10 bits per heavy atom. The summed E-state index contributed by atoms with van der Waals surface area (Å²) in [6, 6.07) is 5.90. The van der Waals surface area contributed by atoms with Crippen LogP contribution in [0.2, 0.25) is 0 Å². The van der Waals surface area contributed by atoms with Crippen molar-refractivity contribution in [2.24, 2.45) is 0 Å². The summed E-state index contributed by atoms with van der Waals surface area (Å²) in [5.74, 6) is 0.614. The third-order valence-corrected chi connectivity index (χ3v) is 3.09. The normalized spacial score (nSPS) is 10.4. The van der Waals surface area contributed by atoms with Crippen LogP contribution in [0.1, 0.15) is 23.7 Å². The van der Waals surface area contributed by atoms with Crippen molar-refractivity contribution in [3.05, 3.63) is 47.2 Å². The molecule has 0 aliphatic carbocycles. The molecule has 1 N–H and O–H groups in total. The maximum Gasteiger partial charge on any atom is 0.186 e. The maximum atomic E-state index is 14.0. The number of anilines is 1. The second-order valence-electron chi connectivity index (χ2n) is 4.51. The number of hydrogen-bond acceptors (Lipinski definition) is 4. The van der Waals surface area contributed by atoms with Gasteiger partial charge < -0.3 is 10.1 Å². The molecule has 0 atom stereocenters. The molecule has 0 unspecified atom stereocenters. The van der Waals surface area contributed by atoms with Crippen LogP contribution in [0, 0.1) is 12.7 Å². The Morgan fingerprint density at radius 1 is 1.30 bits per heavy atom. The Morgan fingerprint density at radius 3 is 2.80 bits per heavy atom. The van der Waals surface area contributed by atoms with Crippen molar-refractivity contribution in [2.45, 2.75) is 26.8 Å². The number of methoxy groups -OCH3 is 1. The second kappa shape index (κ2) is 6.32. The van der Waals surface area contributed by atoms with Crippen LogP contribution in [0.15, 0.2) is 24.5 Å². The fourth-order valence-corrected chi connectivity index (χ4v) is 1.95. The maximum absolute atomic E-state index is 14.0. The van der Waals surface area contributed by atoms with Crippen LogP contribution >= 0.6 is 0 Å². The lowest BCUT2D eigenvalue weighted by Gasteiger charge is -2.12. The summed E-state index contributed by atoms with van der Waals surface area (Å²) < 4.78 is 19.3. The smallest absolute Gasteiger partial charge is 0.186 e. The van der Waals surface area contributed by atoms with E-state index < -0.39 is 0 Å². The number of rotatable bonds is 5. The number of nitrogens with one attached hydrogen (secondary N) is 1. The van der Waals surface area contributed by atoms with Gasteiger partial charge in [0, 0.05) is 12.1 Å². The van der Waals surface area contributed by atoms with Gasteiger partial charge in [0.2, 0.25) is 0 Å². The number of halogens is 1. The molecule has 0 bridgehead atoms. The summed E-state index contributed by atoms with van der Waals surface area (Å²) in [7, 11) is 1.62. The lowest BCUT2D eigenvalue weighted by Crippen LogP contribution is -2.07. The third-order valence-electron chi connectivity index (χ3n) is 3.09. The molecule has 4 nitrogen and oxygen atoms in total. The molecule has 0 saturated carbocycles. The molecule has 106 valence electrons. The number of ether oxygens (including phenoxy) is 1. The molecule has 0 radical (unpaired) electrons. The van der Waals surface area contributed by atoms with Gasteiger partial charge >= 0.3 is 0 Å². The standard InChI is InChI=1S/C15H18FN3O/c1-4-12-14(16)15(19-9-18-12)17-8-11-6-5-10(2)7-13(11)20-3/h5-7,9H,4,8H2,1-3H3,(H,17,18,19). The first-order valence-electron chi connectivity index (χ1n) is 6.52. The van der Waals surface area contributed by atoms with Crippen molar-refractivity contribution in [1.29, 1.82) is 0 Å². The quantitative estimate of drug-likeness (QED) is 0.910. The van der Waals surface area contributed by atoms with Gasteiger partial charge in [-0.05, 0) is 25.0 Å². The Balaban J connectivity index is 2.17. The monoisotopic (exact) mass is 275 g/mol. The van der Waals surface area contributed by atoms with E-state index in [-0.39, 0.29) is 11.6 Å². The molecular formula is C15H18FN3O. The highest BCUT2D eigenvalue weighted by atomic mass is 19.1. The van der Waals surface area contributed by atoms with E-state index in [1.165, 1.54) is 6.33 Å². The predicted octanol–water partition coefficient (Wildman–Crippen LogP) is 3.11. The summed E-state index contributed by atoms with van der Waals surface area (Å²) in [5.41, 5.74) is 2.49. The average Bonchev–Trinajstić information content (AvgIpc) is 2.47. The predicted molar refractivity (Wildman–Crippen MR) is 76.4 cm³/mol. The van der Waals surface area contributed by atoms with Gasteiger partial charge in [0.05, 0.1) is 12.8 Å². The molecule has 5 heteroatoms. The molecule has 2 aromatic rings. The summed E-state index contributed by atoms with van der Waals surface area (Å²) in [5, 5.41) is 2.99. The Kier molecular flexibility index (Phi) is 4.50. The highest BCUT2D eigenvalue weighted by molar-refractivity contribution is 5.42. The SMILES string of the molecule is CCc1ncnc(NCc2ccc(C)cc2OC)c1F. The molecule has 0 aliphatic heterocycles. The molecule has 0 spiro atoms. The molecule has 1 aromatic heterocycles. The van der Waals surface area contributed by atoms with E-state index in [0.717, 1.165) is 16.9 Å². The van der Waals surface area contributed by atoms with E-state index >= 15 is 0 Å². The van der Waals surface area contributed by atoms with Crippen molar-refractivity contribution >= 4 is 5.82 Å². The van der Waals surface area contributed by atoms with E-state index in [0.29, 0.717) is 18.7 Å². The lowest BCUT2D eigenvalue weighted by molar-refractivity contribution is 0.410. The molecule has 0 aliphatic rings. The molecule has 0 saturated heterocycles. The van der Waals surface area contributed by atoms with Crippen LogP contribution in [0.5, 0.6) is 5.75 Å². The van der Waals surface area contributed by atoms with Gasteiger partial charge in [0.25, 0.3) is 0 Å². The fourth-order valence-electron chi connectivity index (χ4n) is 1.95. The van der Waals surface area contributed by atoms with Gasteiger partial charge in [-0.25, -0.2) is 14.4 Å². The Hall–Kier alpha value is -2.17. The van der Waals surface area contributed by atoms with Gasteiger partial charge in [0.1, 0.15) is 12.1 Å². The summed E-state index contributed by atoms with van der Waals surface area (Å²) in [6.07, 6.45) is 1.91. The Bertz CT molecular complexity index is 602. The molecule has 1 aromatic carbocycles. The highest BCUT2D eigenvalue weighted by Gasteiger charge is 2.10. The van der Waals surface area contributed by atoms with Gasteiger partial charge in [-0.1, -0.05) is 19.1 Å². The van der Waals surface area contributed by atoms with Crippen LogP contribution in [0.4, 0.5) is 10.2 Å². The zero-order valence-electron chi connectivity index (χ0n) is 11.9. The van der Waals surface area contributed by atoms with E-state index in [1.807, 2.05) is 32.0 Å². The van der Waals surface area contributed by atoms with E-state index in [2.05, 4.69) is 15.3 Å². The minimum Gasteiger partial charge on any atom is -0.496 e. The summed E-state index contributed by atoms with van der Waals surface area (Å²) in [6.45, 7) is 4.30. The van der Waals surface area contributed by atoms with Crippen molar-refractivity contribution in [3.8, 4) is 5.75 Å². The fraction of sp³-hybridized carbons (Fsp3) is 0.333. The zero-order valence-corrected chi connectivity index (χ0v) is 11.9. The third kappa shape index (κ3) is 3.04. The highest BCUT2D eigenvalue weighted by Crippen LogP contribution is 2.21. The first-order valence-corrected chi connectivity index (χ1v) is 6.52. The Labute approximate surface area is 118 Å². The molecule has 0 fully saturated rings. The van der Waals surface area contributed by atoms with Gasteiger partial charge in [-0.15, -0.1) is 0 Å². The van der Waals surface area contributed by atoms with Crippen LogP contribution < -0.4 is 10.1 Å². The van der Waals surface area contributed by atoms with Gasteiger partial charge in [0.15, 0.2) is 11.6 Å². The van der Waals surface area contributed by atoms with Crippen LogP contribution in [-0.4, -0.2) is 17.1 Å².